The molecule has 6 heteroatoms. The topological polar surface area (TPSA) is 60.0 Å². The van der Waals surface area contributed by atoms with Gasteiger partial charge in [-0.3, -0.25) is 9.08 Å². The number of rotatable bonds is 5. The summed E-state index contributed by atoms with van der Waals surface area (Å²) >= 11 is 0. The van der Waals surface area contributed by atoms with Crippen LogP contribution in [-0.4, -0.2) is 24.1 Å². The van der Waals surface area contributed by atoms with E-state index in [1.807, 2.05) is 18.6 Å². The van der Waals surface area contributed by atoms with Gasteiger partial charge in [-0.05, 0) is 35.2 Å². The molecule has 148 valence electrons. The summed E-state index contributed by atoms with van der Waals surface area (Å²) in [6.07, 6.45) is 12.2. The van der Waals surface area contributed by atoms with Crippen molar-refractivity contribution in [2.24, 2.45) is 5.92 Å². The quantitative estimate of drug-likeness (QED) is 0.430. The molecule has 0 aliphatic heterocycles. The summed E-state index contributed by atoms with van der Waals surface area (Å²) in [5.74, 6) is 1.50. The molecule has 5 aromatic rings. The summed E-state index contributed by atoms with van der Waals surface area (Å²) in [7, 11) is 0. The Bertz CT molecular complexity index is 1360. The van der Waals surface area contributed by atoms with Crippen molar-refractivity contribution in [2.45, 2.75) is 25.8 Å². The first-order valence-electron chi connectivity index (χ1n) is 10.4. The van der Waals surface area contributed by atoms with Crippen LogP contribution in [0.2, 0.25) is 0 Å². The van der Waals surface area contributed by atoms with Gasteiger partial charge < -0.3 is 5.32 Å². The Morgan fingerprint density at radius 1 is 1.07 bits per heavy atom. The minimum atomic E-state index is 0.551. The molecule has 2 aromatic carbocycles. The lowest BCUT2D eigenvalue weighted by Crippen LogP contribution is -1.98. The maximum atomic E-state index is 4.66. The molecule has 0 bridgehead atoms. The summed E-state index contributed by atoms with van der Waals surface area (Å²) in [4.78, 5) is 9.19. The van der Waals surface area contributed by atoms with E-state index in [0.717, 1.165) is 34.3 Å². The van der Waals surface area contributed by atoms with Crippen LogP contribution in [-0.2, 0) is 0 Å². The van der Waals surface area contributed by atoms with E-state index in [2.05, 4.69) is 85.1 Å². The first-order valence-corrected chi connectivity index (χ1v) is 10.4. The second kappa shape index (κ2) is 6.69. The molecule has 6 nitrogen and oxygen atoms in total. The minimum Gasteiger partial charge on any atom is -0.337 e. The summed E-state index contributed by atoms with van der Waals surface area (Å²) in [6.45, 7) is 2.25. The highest BCUT2D eigenvalue weighted by Crippen LogP contribution is 2.45. The third-order valence-corrected chi connectivity index (χ3v) is 6.09. The highest BCUT2D eigenvalue weighted by atomic mass is 15.3. The van der Waals surface area contributed by atoms with Crippen LogP contribution in [0.25, 0.3) is 27.7 Å². The van der Waals surface area contributed by atoms with Crippen LogP contribution in [0.4, 0.5) is 11.5 Å². The van der Waals surface area contributed by atoms with Gasteiger partial charge in [0, 0.05) is 29.8 Å². The molecule has 1 saturated carbocycles. The Hall–Kier alpha value is -3.67. The number of aromatic nitrogens is 5. The Morgan fingerprint density at radius 3 is 2.83 bits per heavy atom. The Kier molecular flexibility index (Phi) is 3.84. The summed E-state index contributed by atoms with van der Waals surface area (Å²) in [6, 6.07) is 15.2. The van der Waals surface area contributed by atoms with Gasteiger partial charge in [0.05, 0.1) is 24.1 Å². The smallest absolute Gasteiger partial charge is 0.180 e. The molecule has 2 atom stereocenters. The van der Waals surface area contributed by atoms with Gasteiger partial charge in [0.1, 0.15) is 0 Å². The average molecular weight is 394 g/mol. The highest BCUT2D eigenvalue weighted by molar-refractivity contribution is 5.87. The van der Waals surface area contributed by atoms with Crippen molar-refractivity contribution in [3.8, 4) is 11.3 Å². The second-order valence-corrected chi connectivity index (χ2v) is 7.98. The largest absolute Gasteiger partial charge is 0.337 e. The average Bonchev–Trinajstić information content (AvgIpc) is 3.18. The highest BCUT2D eigenvalue weighted by Gasteiger charge is 2.37. The summed E-state index contributed by atoms with van der Waals surface area (Å²) in [5.41, 5.74) is 3.89. The molecule has 0 saturated heterocycles. The van der Waals surface area contributed by atoms with Gasteiger partial charge in [-0.1, -0.05) is 43.7 Å². The number of nitrogens with zero attached hydrogens (tertiary/aromatic N) is 5. The van der Waals surface area contributed by atoms with E-state index >= 15 is 0 Å². The molecular formula is C24H22N6. The van der Waals surface area contributed by atoms with Gasteiger partial charge in [-0.2, -0.15) is 5.10 Å². The minimum absolute atomic E-state index is 0.551. The van der Waals surface area contributed by atoms with E-state index in [4.69, 9.17) is 0 Å². The summed E-state index contributed by atoms with van der Waals surface area (Å²) in [5, 5.41) is 10.4. The number of hydrogen-bond acceptors (Lipinski definition) is 4. The van der Waals surface area contributed by atoms with E-state index in [9.17, 15) is 0 Å². The predicted molar refractivity (Wildman–Crippen MR) is 119 cm³/mol. The van der Waals surface area contributed by atoms with E-state index in [0.29, 0.717) is 6.04 Å². The molecular weight excluding hydrogens is 372 g/mol. The van der Waals surface area contributed by atoms with Gasteiger partial charge >= 0.3 is 0 Å². The van der Waals surface area contributed by atoms with Crippen LogP contribution in [0, 0.1) is 5.92 Å². The fourth-order valence-corrected chi connectivity index (χ4v) is 4.27. The number of nitrogens with one attached hydrogen (secondary N) is 1. The number of fused-ring (bicyclic) bond motifs is 2. The zero-order chi connectivity index (χ0) is 20.1. The van der Waals surface area contributed by atoms with Crippen LogP contribution in [0.15, 0.2) is 73.4 Å². The number of imidazole rings is 1. The molecule has 1 aliphatic carbocycles. The SMILES string of the molecule is CC[C@@H]1CC1n1cc(-c2cnc3c(Nc4ccc5ccccc5c4)nccn23)cn1. The molecule has 3 heterocycles. The van der Waals surface area contributed by atoms with Gasteiger partial charge in [0.25, 0.3) is 0 Å². The van der Waals surface area contributed by atoms with Crippen molar-refractivity contribution in [1.82, 2.24) is 24.1 Å². The zero-order valence-corrected chi connectivity index (χ0v) is 16.7. The lowest BCUT2D eigenvalue weighted by atomic mass is 10.1. The molecule has 3 aromatic heterocycles. The Labute approximate surface area is 174 Å². The van der Waals surface area contributed by atoms with Crippen LogP contribution >= 0.6 is 0 Å². The predicted octanol–water partition coefficient (Wildman–Crippen LogP) is 5.46. The Morgan fingerprint density at radius 2 is 1.97 bits per heavy atom. The standard InChI is InChI=1S/C24H22N6/c1-2-16-12-21(16)30-15-19(13-27-30)22-14-26-24-23(25-9-10-29(22)24)28-20-8-7-17-5-3-4-6-18(17)11-20/h3-11,13-16,21H,2,12H2,1H3,(H,25,28)/t16-,21?/m1/s1. The number of benzene rings is 2. The molecule has 0 radical (unpaired) electrons. The Balaban J connectivity index is 1.34. The third-order valence-electron chi connectivity index (χ3n) is 6.09. The van der Waals surface area contributed by atoms with Crippen LogP contribution < -0.4 is 5.32 Å². The molecule has 1 fully saturated rings. The fourth-order valence-electron chi connectivity index (χ4n) is 4.27. The van der Waals surface area contributed by atoms with E-state index < -0.39 is 0 Å². The van der Waals surface area contributed by atoms with E-state index in [1.54, 1.807) is 6.20 Å². The molecule has 6 rings (SSSR count). The molecule has 0 spiro atoms. The molecule has 1 N–H and O–H groups in total. The van der Waals surface area contributed by atoms with Crippen molar-refractivity contribution in [3.05, 3.63) is 73.4 Å². The van der Waals surface area contributed by atoms with E-state index in [1.165, 1.54) is 23.6 Å². The van der Waals surface area contributed by atoms with Gasteiger partial charge in [-0.15, -0.1) is 0 Å². The van der Waals surface area contributed by atoms with Crippen molar-refractivity contribution in [3.63, 3.8) is 0 Å². The maximum absolute atomic E-state index is 4.66. The molecule has 30 heavy (non-hydrogen) atoms. The monoisotopic (exact) mass is 394 g/mol. The zero-order valence-electron chi connectivity index (χ0n) is 16.7. The van der Waals surface area contributed by atoms with Gasteiger partial charge in [0.2, 0.25) is 0 Å². The van der Waals surface area contributed by atoms with E-state index in [-0.39, 0.29) is 0 Å². The van der Waals surface area contributed by atoms with Crippen LogP contribution in [0.5, 0.6) is 0 Å². The van der Waals surface area contributed by atoms with Crippen LogP contribution in [0.1, 0.15) is 25.8 Å². The second-order valence-electron chi connectivity index (χ2n) is 7.98. The van der Waals surface area contributed by atoms with Crippen LogP contribution in [0.3, 0.4) is 0 Å². The third kappa shape index (κ3) is 2.84. The molecule has 1 unspecified atom stereocenters. The van der Waals surface area contributed by atoms with Crippen molar-refractivity contribution >= 4 is 27.9 Å². The normalized spacial score (nSPS) is 18.2. The van der Waals surface area contributed by atoms with Crippen molar-refractivity contribution in [2.75, 3.05) is 5.32 Å². The molecule has 0 amide bonds. The maximum Gasteiger partial charge on any atom is 0.180 e. The lowest BCUT2D eigenvalue weighted by Gasteiger charge is -2.08. The van der Waals surface area contributed by atoms with Crippen molar-refractivity contribution in [1.29, 1.82) is 0 Å². The number of hydrogen-bond donors (Lipinski definition) is 1. The lowest BCUT2D eigenvalue weighted by molar-refractivity contribution is 0.579. The van der Waals surface area contributed by atoms with Gasteiger partial charge in [0.15, 0.2) is 11.5 Å². The molecule has 1 aliphatic rings. The fraction of sp³-hybridized carbons (Fsp3) is 0.208. The first kappa shape index (κ1) is 17.2. The van der Waals surface area contributed by atoms with Gasteiger partial charge in [-0.25, -0.2) is 9.97 Å². The summed E-state index contributed by atoms with van der Waals surface area (Å²) < 4.78 is 4.18. The number of anilines is 2. The van der Waals surface area contributed by atoms with Crippen molar-refractivity contribution < 1.29 is 0 Å². The first-order chi connectivity index (χ1) is 14.8.